The molecule has 46 heavy (non-hydrogen) atoms. The Labute approximate surface area is 264 Å². The molecule has 0 aliphatic heterocycles. The highest BCUT2D eigenvalue weighted by Crippen LogP contribution is 2.41. The maximum Gasteiger partial charge on any atom is 0.235 e. The highest BCUT2D eigenvalue weighted by molar-refractivity contribution is 6.22. The highest BCUT2D eigenvalue weighted by Gasteiger charge is 2.24. The van der Waals surface area contributed by atoms with Crippen LogP contribution in [0.4, 0.5) is 0 Å². The van der Waals surface area contributed by atoms with Crippen molar-refractivity contribution in [1.29, 1.82) is 0 Å². The molecule has 7 aromatic carbocycles. The summed E-state index contributed by atoms with van der Waals surface area (Å²) in [6.45, 7) is 0. The van der Waals surface area contributed by atoms with E-state index in [1.54, 1.807) is 0 Å². The first-order valence-electron chi connectivity index (χ1n) is 15.6. The van der Waals surface area contributed by atoms with E-state index in [0.717, 1.165) is 49.9 Å². The molecule has 0 unspecified atom stereocenters. The maximum atomic E-state index is 5.50. The molecule has 10 rings (SSSR count). The molecule has 3 aromatic heterocycles. The van der Waals surface area contributed by atoms with Crippen LogP contribution in [0.15, 0.2) is 158 Å². The minimum atomic E-state index is 0.660. The predicted octanol–water partition coefficient (Wildman–Crippen LogP) is 10.6. The molecule has 0 saturated heterocycles. The summed E-state index contributed by atoms with van der Waals surface area (Å²) in [6.07, 6.45) is 0. The SMILES string of the molecule is c1ccc(-c2nc(-n3c4ccccc4c4c5ccccc5ccc43)nc3c4ccc5ccccc5c4n(-c4ccccc4)c23)cc1. The van der Waals surface area contributed by atoms with Gasteiger partial charge in [0.2, 0.25) is 5.95 Å². The fourth-order valence-corrected chi connectivity index (χ4v) is 7.33. The van der Waals surface area contributed by atoms with Gasteiger partial charge in [-0.15, -0.1) is 0 Å². The minimum Gasteiger partial charge on any atom is -0.305 e. The number of rotatable bonds is 3. The Hall–Kier alpha value is -6.26. The number of fused-ring (bicyclic) bond motifs is 10. The summed E-state index contributed by atoms with van der Waals surface area (Å²) in [4.78, 5) is 11.0. The van der Waals surface area contributed by atoms with E-state index >= 15 is 0 Å². The summed E-state index contributed by atoms with van der Waals surface area (Å²) in [5.74, 6) is 0.660. The third kappa shape index (κ3) is 3.49. The standard InChI is InChI=1S/C42H26N4/c1-3-15-29(16-4-1)38-41-39(34-25-23-28-14-8-10-20-32(28)40(34)45(41)30-17-5-2-6-18-30)44-42(43-38)46-35-22-12-11-21-33(35)37-31-19-9-7-13-27(31)24-26-36(37)46/h1-26H. The van der Waals surface area contributed by atoms with Gasteiger partial charge in [-0.3, -0.25) is 4.57 Å². The quantitative estimate of drug-likeness (QED) is 0.206. The number of benzene rings is 7. The summed E-state index contributed by atoms with van der Waals surface area (Å²) >= 11 is 0. The molecule has 0 N–H and O–H groups in total. The van der Waals surface area contributed by atoms with Gasteiger partial charge in [0.25, 0.3) is 0 Å². The van der Waals surface area contributed by atoms with Gasteiger partial charge in [-0.1, -0.05) is 127 Å². The Balaban J connectivity index is 1.43. The fraction of sp³-hybridized carbons (Fsp3) is 0. The van der Waals surface area contributed by atoms with Gasteiger partial charge in [-0.05, 0) is 46.5 Å². The molecule has 0 radical (unpaired) electrons. The molecular weight excluding hydrogens is 560 g/mol. The van der Waals surface area contributed by atoms with E-state index in [1.165, 1.54) is 32.3 Å². The molecule has 0 aliphatic carbocycles. The third-order valence-electron chi connectivity index (χ3n) is 9.30. The van der Waals surface area contributed by atoms with Crippen LogP contribution in [0.25, 0.3) is 88.2 Å². The Morgan fingerprint density at radius 3 is 1.83 bits per heavy atom. The largest absolute Gasteiger partial charge is 0.305 e. The van der Waals surface area contributed by atoms with Crippen molar-refractivity contribution in [1.82, 2.24) is 19.1 Å². The van der Waals surface area contributed by atoms with Crippen molar-refractivity contribution in [3.05, 3.63) is 158 Å². The average Bonchev–Trinajstić information content (AvgIpc) is 3.65. The predicted molar refractivity (Wildman–Crippen MR) is 191 cm³/mol. The first-order chi connectivity index (χ1) is 22.8. The second-order valence-electron chi connectivity index (χ2n) is 11.8. The van der Waals surface area contributed by atoms with Crippen LogP contribution >= 0.6 is 0 Å². The number of hydrogen-bond acceptors (Lipinski definition) is 2. The Morgan fingerprint density at radius 2 is 1.02 bits per heavy atom. The van der Waals surface area contributed by atoms with Crippen LogP contribution in [0.1, 0.15) is 0 Å². The van der Waals surface area contributed by atoms with Crippen molar-refractivity contribution in [3.8, 4) is 22.9 Å². The molecule has 214 valence electrons. The van der Waals surface area contributed by atoms with Crippen LogP contribution < -0.4 is 0 Å². The van der Waals surface area contributed by atoms with Crippen molar-refractivity contribution in [2.75, 3.05) is 0 Å². The lowest BCUT2D eigenvalue weighted by Gasteiger charge is -2.14. The monoisotopic (exact) mass is 586 g/mol. The van der Waals surface area contributed by atoms with Gasteiger partial charge in [0.15, 0.2) is 0 Å². The van der Waals surface area contributed by atoms with E-state index in [2.05, 4.69) is 167 Å². The first-order valence-corrected chi connectivity index (χ1v) is 15.6. The van der Waals surface area contributed by atoms with Crippen LogP contribution in [-0.4, -0.2) is 19.1 Å². The molecule has 0 aliphatic rings. The van der Waals surface area contributed by atoms with Crippen molar-refractivity contribution >= 4 is 65.3 Å². The highest BCUT2D eigenvalue weighted by atomic mass is 15.2. The van der Waals surface area contributed by atoms with Crippen LogP contribution in [0.5, 0.6) is 0 Å². The van der Waals surface area contributed by atoms with Gasteiger partial charge < -0.3 is 4.57 Å². The molecule has 0 fully saturated rings. The maximum absolute atomic E-state index is 5.50. The van der Waals surface area contributed by atoms with E-state index in [9.17, 15) is 0 Å². The fourth-order valence-electron chi connectivity index (χ4n) is 7.33. The normalized spacial score (nSPS) is 11.9. The Morgan fingerprint density at radius 1 is 0.391 bits per heavy atom. The first kappa shape index (κ1) is 25.1. The Kier molecular flexibility index (Phi) is 5.25. The molecule has 0 spiro atoms. The number of hydrogen-bond donors (Lipinski definition) is 0. The van der Waals surface area contributed by atoms with Gasteiger partial charge >= 0.3 is 0 Å². The second kappa shape index (κ2) is 9.62. The lowest BCUT2D eigenvalue weighted by atomic mass is 10.0. The summed E-state index contributed by atoms with van der Waals surface area (Å²) < 4.78 is 4.61. The average molecular weight is 587 g/mol. The van der Waals surface area contributed by atoms with E-state index in [4.69, 9.17) is 9.97 Å². The molecular formula is C42H26N4. The number of nitrogens with zero attached hydrogens (tertiary/aromatic N) is 4. The second-order valence-corrected chi connectivity index (χ2v) is 11.8. The van der Waals surface area contributed by atoms with Crippen molar-refractivity contribution in [2.24, 2.45) is 0 Å². The molecule has 0 bridgehead atoms. The molecule has 0 atom stereocenters. The Bertz CT molecular complexity index is 2790. The van der Waals surface area contributed by atoms with Crippen LogP contribution in [0, 0.1) is 0 Å². The smallest absolute Gasteiger partial charge is 0.235 e. The molecule has 0 saturated carbocycles. The van der Waals surface area contributed by atoms with Gasteiger partial charge in [0.05, 0.1) is 22.1 Å². The molecule has 4 nitrogen and oxygen atoms in total. The number of aromatic nitrogens is 4. The molecule has 3 heterocycles. The lowest BCUT2D eigenvalue weighted by molar-refractivity contribution is 1.01. The summed E-state index contributed by atoms with van der Waals surface area (Å²) in [5, 5.41) is 8.34. The molecule has 4 heteroatoms. The minimum absolute atomic E-state index is 0.660. The van der Waals surface area contributed by atoms with Gasteiger partial charge in [-0.2, -0.15) is 0 Å². The van der Waals surface area contributed by atoms with Crippen LogP contribution in [-0.2, 0) is 0 Å². The number of para-hydroxylation sites is 2. The van der Waals surface area contributed by atoms with Crippen LogP contribution in [0.2, 0.25) is 0 Å². The van der Waals surface area contributed by atoms with E-state index in [1.807, 2.05) is 0 Å². The van der Waals surface area contributed by atoms with E-state index in [-0.39, 0.29) is 0 Å². The molecule has 10 aromatic rings. The van der Waals surface area contributed by atoms with E-state index < -0.39 is 0 Å². The zero-order chi connectivity index (χ0) is 30.2. The summed E-state index contributed by atoms with van der Waals surface area (Å²) in [5.41, 5.74) is 8.27. The summed E-state index contributed by atoms with van der Waals surface area (Å²) in [7, 11) is 0. The van der Waals surface area contributed by atoms with E-state index in [0.29, 0.717) is 5.95 Å². The topological polar surface area (TPSA) is 35.6 Å². The zero-order valence-electron chi connectivity index (χ0n) is 24.8. The van der Waals surface area contributed by atoms with Gasteiger partial charge in [0.1, 0.15) is 11.2 Å². The van der Waals surface area contributed by atoms with Gasteiger partial charge in [-0.25, -0.2) is 9.97 Å². The van der Waals surface area contributed by atoms with Crippen LogP contribution in [0.3, 0.4) is 0 Å². The summed E-state index contributed by atoms with van der Waals surface area (Å²) in [6, 6.07) is 55.8. The van der Waals surface area contributed by atoms with Gasteiger partial charge in [0, 0.05) is 32.8 Å². The van der Waals surface area contributed by atoms with Crippen molar-refractivity contribution in [3.63, 3.8) is 0 Å². The third-order valence-corrected chi connectivity index (χ3v) is 9.30. The molecule has 0 amide bonds. The zero-order valence-corrected chi connectivity index (χ0v) is 24.8. The van der Waals surface area contributed by atoms with Crippen molar-refractivity contribution < 1.29 is 0 Å². The van der Waals surface area contributed by atoms with Crippen molar-refractivity contribution in [2.45, 2.75) is 0 Å². The lowest BCUT2D eigenvalue weighted by Crippen LogP contribution is -2.05.